The second-order valence-electron chi connectivity index (χ2n) is 5.86. The third-order valence-corrected chi connectivity index (χ3v) is 4.11. The molecule has 1 atom stereocenters. The Morgan fingerprint density at radius 3 is 2.24 bits per heavy atom. The van der Waals surface area contributed by atoms with E-state index in [1.54, 1.807) is 18.2 Å². The fourth-order valence-electron chi connectivity index (χ4n) is 3.08. The van der Waals surface area contributed by atoms with Crippen molar-refractivity contribution in [3.05, 3.63) is 65.5 Å². The summed E-state index contributed by atoms with van der Waals surface area (Å²) in [5.74, 6) is -0.607. The van der Waals surface area contributed by atoms with Crippen molar-refractivity contribution in [1.82, 2.24) is 10.2 Å². The van der Waals surface area contributed by atoms with E-state index in [-0.39, 0.29) is 17.6 Å². The quantitative estimate of drug-likeness (QED) is 0.847. The molecule has 0 aliphatic carbocycles. The third kappa shape index (κ3) is 4.70. The van der Waals surface area contributed by atoms with Gasteiger partial charge in [-0.25, -0.2) is 4.39 Å². The number of hydrogen-bond donors (Lipinski definition) is 1. The number of nitrogens with zero attached hydrogens (tertiary/aromatic N) is 1. The zero-order valence-electron chi connectivity index (χ0n) is 13.4. The van der Waals surface area contributed by atoms with E-state index in [4.69, 9.17) is 0 Å². The van der Waals surface area contributed by atoms with Crippen molar-refractivity contribution in [3.8, 4) is 5.75 Å². The molecule has 1 fully saturated rings. The fraction of sp³-hybridized carbons (Fsp3) is 0.333. The minimum absolute atomic E-state index is 0.224. The second-order valence-corrected chi connectivity index (χ2v) is 5.86. The molecule has 2 aromatic carbocycles. The van der Waals surface area contributed by atoms with Gasteiger partial charge in [-0.3, -0.25) is 4.90 Å². The Hall–Kier alpha value is -2.12. The molecule has 0 aromatic heterocycles. The van der Waals surface area contributed by atoms with Gasteiger partial charge in [0, 0.05) is 26.2 Å². The Morgan fingerprint density at radius 1 is 0.960 bits per heavy atom. The Balaban J connectivity index is 1.91. The molecule has 3 nitrogen and oxygen atoms in total. The van der Waals surface area contributed by atoms with Crippen molar-refractivity contribution < 1.29 is 22.3 Å². The molecular formula is C18H18F4N2O. The molecule has 7 heteroatoms. The first-order chi connectivity index (χ1) is 11.9. The molecule has 0 unspecified atom stereocenters. The number of alkyl halides is 3. The van der Waals surface area contributed by atoms with Gasteiger partial charge >= 0.3 is 6.36 Å². The van der Waals surface area contributed by atoms with Crippen molar-refractivity contribution in [2.75, 3.05) is 26.2 Å². The topological polar surface area (TPSA) is 24.5 Å². The predicted octanol–water partition coefficient (Wildman–Crippen LogP) is 3.72. The van der Waals surface area contributed by atoms with Crippen LogP contribution in [0.25, 0.3) is 0 Å². The highest BCUT2D eigenvalue weighted by atomic mass is 19.4. The van der Waals surface area contributed by atoms with Crippen LogP contribution in [0.3, 0.4) is 0 Å². The summed E-state index contributed by atoms with van der Waals surface area (Å²) in [7, 11) is 0. The van der Waals surface area contributed by atoms with Crippen molar-refractivity contribution in [2.24, 2.45) is 0 Å². The first-order valence-corrected chi connectivity index (χ1v) is 7.98. The van der Waals surface area contributed by atoms with Crippen LogP contribution in [0, 0.1) is 5.82 Å². The van der Waals surface area contributed by atoms with Gasteiger partial charge in [0.2, 0.25) is 0 Å². The van der Waals surface area contributed by atoms with Gasteiger partial charge in [0.15, 0.2) is 0 Å². The molecule has 0 radical (unpaired) electrons. The Morgan fingerprint density at radius 2 is 1.64 bits per heavy atom. The lowest BCUT2D eigenvalue weighted by atomic mass is 9.96. The third-order valence-electron chi connectivity index (χ3n) is 4.11. The zero-order chi connectivity index (χ0) is 17.9. The number of hydrogen-bond acceptors (Lipinski definition) is 3. The van der Waals surface area contributed by atoms with Gasteiger partial charge in [0.1, 0.15) is 11.6 Å². The predicted molar refractivity (Wildman–Crippen MR) is 85.8 cm³/mol. The lowest BCUT2D eigenvalue weighted by molar-refractivity contribution is -0.274. The van der Waals surface area contributed by atoms with Crippen LogP contribution in [-0.2, 0) is 0 Å². The Labute approximate surface area is 143 Å². The highest BCUT2D eigenvalue weighted by Crippen LogP contribution is 2.31. The van der Waals surface area contributed by atoms with Crippen LogP contribution in [0.5, 0.6) is 5.75 Å². The molecule has 3 rings (SSSR count). The molecule has 0 bridgehead atoms. The average Bonchev–Trinajstić information content (AvgIpc) is 2.56. The molecule has 1 heterocycles. The Kier molecular flexibility index (Phi) is 5.24. The maximum Gasteiger partial charge on any atom is 0.573 e. The van der Waals surface area contributed by atoms with Crippen LogP contribution in [-0.4, -0.2) is 37.4 Å². The molecule has 0 saturated carbocycles. The molecule has 25 heavy (non-hydrogen) atoms. The monoisotopic (exact) mass is 354 g/mol. The van der Waals surface area contributed by atoms with Crippen LogP contribution >= 0.6 is 0 Å². The summed E-state index contributed by atoms with van der Waals surface area (Å²) in [6, 6.07) is 11.9. The molecule has 2 aromatic rings. The van der Waals surface area contributed by atoms with Gasteiger partial charge in [-0.2, -0.15) is 0 Å². The van der Waals surface area contributed by atoms with Crippen LogP contribution in [0.15, 0.2) is 48.5 Å². The molecule has 1 N–H and O–H groups in total. The van der Waals surface area contributed by atoms with Gasteiger partial charge in [0.25, 0.3) is 0 Å². The summed E-state index contributed by atoms with van der Waals surface area (Å²) in [6.07, 6.45) is -4.72. The summed E-state index contributed by atoms with van der Waals surface area (Å²) in [4.78, 5) is 2.19. The normalized spacial score (nSPS) is 17.3. The van der Waals surface area contributed by atoms with E-state index in [0.717, 1.165) is 37.3 Å². The largest absolute Gasteiger partial charge is 0.573 e. The first kappa shape index (κ1) is 17.7. The molecule has 1 aliphatic rings. The molecule has 0 amide bonds. The highest BCUT2D eigenvalue weighted by Gasteiger charge is 2.31. The number of rotatable bonds is 4. The summed E-state index contributed by atoms with van der Waals surface area (Å²) < 4.78 is 54.6. The summed E-state index contributed by atoms with van der Waals surface area (Å²) >= 11 is 0. The van der Waals surface area contributed by atoms with Crippen LogP contribution in [0.1, 0.15) is 17.2 Å². The zero-order valence-corrected chi connectivity index (χ0v) is 13.4. The van der Waals surface area contributed by atoms with Gasteiger partial charge < -0.3 is 10.1 Å². The lowest BCUT2D eigenvalue weighted by Crippen LogP contribution is -2.45. The fourth-order valence-corrected chi connectivity index (χ4v) is 3.08. The number of halogens is 4. The number of nitrogens with one attached hydrogen (secondary N) is 1. The second kappa shape index (κ2) is 7.41. The van der Waals surface area contributed by atoms with E-state index < -0.39 is 6.36 Å². The minimum atomic E-state index is -4.72. The summed E-state index contributed by atoms with van der Waals surface area (Å²) in [5, 5.41) is 3.26. The van der Waals surface area contributed by atoms with Gasteiger partial charge in [-0.15, -0.1) is 13.2 Å². The SMILES string of the molecule is Fc1cccc([C@@H](c2ccc(OC(F)(F)F)cc2)N2CCNCC2)c1. The summed E-state index contributed by atoms with van der Waals surface area (Å²) in [5.41, 5.74) is 1.56. The van der Waals surface area contributed by atoms with E-state index >= 15 is 0 Å². The Bertz CT molecular complexity index is 697. The molecule has 134 valence electrons. The van der Waals surface area contributed by atoms with Crippen molar-refractivity contribution in [2.45, 2.75) is 12.4 Å². The van der Waals surface area contributed by atoms with E-state index in [1.165, 1.54) is 24.3 Å². The molecule has 1 aliphatic heterocycles. The molecule has 0 spiro atoms. The van der Waals surface area contributed by atoms with E-state index in [0.29, 0.717) is 0 Å². The van der Waals surface area contributed by atoms with E-state index in [1.807, 2.05) is 6.07 Å². The summed E-state index contributed by atoms with van der Waals surface area (Å²) in [6.45, 7) is 3.14. The maximum absolute atomic E-state index is 13.7. The van der Waals surface area contributed by atoms with Crippen LogP contribution in [0.2, 0.25) is 0 Å². The average molecular weight is 354 g/mol. The van der Waals surface area contributed by atoms with Crippen LogP contribution < -0.4 is 10.1 Å². The molecule has 1 saturated heterocycles. The smallest absolute Gasteiger partial charge is 0.406 e. The molecular weight excluding hydrogens is 336 g/mol. The standard InChI is InChI=1S/C18H18F4N2O/c19-15-3-1-2-14(12-15)17(24-10-8-23-9-11-24)13-4-6-16(7-5-13)25-18(20,21)22/h1-7,12,17,23H,8-11H2/t17-/m1/s1. The van der Waals surface area contributed by atoms with Crippen molar-refractivity contribution in [3.63, 3.8) is 0 Å². The lowest BCUT2D eigenvalue weighted by Gasteiger charge is -2.35. The van der Waals surface area contributed by atoms with Gasteiger partial charge in [-0.1, -0.05) is 24.3 Å². The van der Waals surface area contributed by atoms with E-state index in [2.05, 4.69) is 15.0 Å². The van der Waals surface area contributed by atoms with E-state index in [9.17, 15) is 17.6 Å². The number of benzene rings is 2. The highest BCUT2D eigenvalue weighted by molar-refractivity contribution is 5.36. The number of piperazine rings is 1. The minimum Gasteiger partial charge on any atom is -0.406 e. The maximum atomic E-state index is 13.7. The van der Waals surface area contributed by atoms with Crippen molar-refractivity contribution >= 4 is 0 Å². The number of ether oxygens (including phenoxy) is 1. The van der Waals surface area contributed by atoms with Crippen molar-refractivity contribution in [1.29, 1.82) is 0 Å². The first-order valence-electron chi connectivity index (χ1n) is 7.98. The van der Waals surface area contributed by atoms with Gasteiger partial charge in [0.05, 0.1) is 6.04 Å². The van der Waals surface area contributed by atoms with Gasteiger partial charge in [-0.05, 0) is 35.4 Å². The van der Waals surface area contributed by atoms with Crippen LogP contribution in [0.4, 0.5) is 17.6 Å².